The lowest BCUT2D eigenvalue weighted by Gasteiger charge is -2.31. The highest BCUT2D eigenvalue weighted by molar-refractivity contribution is 7.89. The van der Waals surface area contributed by atoms with Gasteiger partial charge < -0.3 is 14.6 Å². The van der Waals surface area contributed by atoms with Gasteiger partial charge in [0.1, 0.15) is 5.76 Å². The largest absolute Gasteiger partial charge is 0.467 e. The standard InChI is InChI=1S/C19H25N3O4S/c1-15-5-7-17(8-6-15)27(24,25)22-11-9-21(10-12-22)14-19(23)20-16(2)18-4-3-13-26-18/h3-8,13,16H,9-12,14H2,1-2H3,(H,20,23)/p+1/t16-/m0/s1. The number of benzene rings is 1. The van der Waals surface area contributed by atoms with Crippen LogP contribution < -0.4 is 10.2 Å². The number of carbonyl (C=O) groups is 1. The Bertz CT molecular complexity index is 855. The summed E-state index contributed by atoms with van der Waals surface area (Å²) < 4.78 is 32.3. The summed E-state index contributed by atoms with van der Waals surface area (Å²) in [5.74, 6) is 0.649. The summed E-state index contributed by atoms with van der Waals surface area (Å²) in [6, 6.07) is 10.3. The van der Waals surface area contributed by atoms with E-state index in [0.717, 1.165) is 10.5 Å². The number of sulfonamides is 1. The molecular formula is C19H26N3O4S+. The van der Waals surface area contributed by atoms with Crippen molar-refractivity contribution >= 4 is 15.9 Å². The van der Waals surface area contributed by atoms with Gasteiger partial charge in [-0.25, -0.2) is 8.42 Å². The van der Waals surface area contributed by atoms with E-state index in [0.29, 0.717) is 43.4 Å². The van der Waals surface area contributed by atoms with Crippen LogP contribution in [-0.4, -0.2) is 51.4 Å². The molecule has 146 valence electrons. The predicted molar refractivity (Wildman–Crippen MR) is 101 cm³/mol. The molecule has 0 radical (unpaired) electrons. The van der Waals surface area contributed by atoms with Gasteiger partial charge >= 0.3 is 0 Å². The normalized spacial score (nSPS) is 17.6. The van der Waals surface area contributed by atoms with Crippen molar-refractivity contribution < 1.29 is 22.5 Å². The Morgan fingerprint density at radius 2 is 1.89 bits per heavy atom. The van der Waals surface area contributed by atoms with E-state index >= 15 is 0 Å². The first-order chi connectivity index (χ1) is 12.9. The SMILES string of the molecule is Cc1ccc(S(=O)(=O)N2CC[NH+](CC(=O)N[C@@H](C)c3ccco3)CC2)cc1. The van der Waals surface area contributed by atoms with E-state index in [-0.39, 0.29) is 11.9 Å². The molecule has 1 aliphatic rings. The first kappa shape index (κ1) is 19.6. The summed E-state index contributed by atoms with van der Waals surface area (Å²) in [5.41, 5.74) is 1.03. The van der Waals surface area contributed by atoms with Crippen LogP contribution in [0.25, 0.3) is 0 Å². The average molecular weight is 393 g/mol. The summed E-state index contributed by atoms with van der Waals surface area (Å²) >= 11 is 0. The van der Waals surface area contributed by atoms with E-state index in [1.807, 2.05) is 19.9 Å². The molecule has 3 rings (SSSR count). The minimum atomic E-state index is -3.47. The monoisotopic (exact) mass is 392 g/mol. The highest BCUT2D eigenvalue weighted by Gasteiger charge is 2.31. The average Bonchev–Trinajstić information content (AvgIpc) is 3.17. The van der Waals surface area contributed by atoms with Crippen LogP contribution in [0, 0.1) is 6.92 Å². The number of nitrogens with one attached hydrogen (secondary N) is 2. The van der Waals surface area contributed by atoms with Crippen LogP contribution in [0.5, 0.6) is 0 Å². The summed E-state index contributed by atoms with van der Waals surface area (Å²) in [7, 11) is -3.47. The number of hydrogen-bond acceptors (Lipinski definition) is 4. The number of nitrogens with zero attached hydrogens (tertiary/aromatic N) is 1. The molecule has 0 aliphatic carbocycles. The zero-order valence-electron chi connectivity index (χ0n) is 15.6. The molecule has 7 nitrogen and oxygen atoms in total. The van der Waals surface area contributed by atoms with Crippen LogP contribution in [0.3, 0.4) is 0 Å². The third-order valence-electron chi connectivity index (χ3n) is 4.85. The number of furan rings is 1. The number of quaternary nitrogens is 1. The summed E-state index contributed by atoms with van der Waals surface area (Å²) in [4.78, 5) is 13.6. The Labute approximate surface area is 160 Å². The van der Waals surface area contributed by atoms with Crippen LogP contribution in [-0.2, 0) is 14.8 Å². The Hall–Kier alpha value is -2.16. The lowest BCUT2D eigenvalue weighted by atomic mass is 10.2. The predicted octanol–water partition coefficient (Wildman–Crippen LogP) is 0.355. The van der Waals surface area contributed by atoms with E-state index in [9.17, 15) is 13.2 Å². The van der Waals surface area contributed by atoms with Gasteiger partial charge in [-0.15, -0.1) is 0 Å². The van der Waals surface area contributed by atoms with Gasteiger partial charge in [-0.05, 0) is 38.1 Å². The molecule has 1 saturated heterocycles. The van der Waals surface area contributed by atoms with E-state index < -0.39 is 10.0 Å². The van der Waals surface area contributed by atoms with Crippen LogP contribution in [0.2, 0.25) is 0 Å². The van der Waals surface area contributed by atoms with E-state index in [1.165, 1.54) is 4.31 Å². The molecule has 2 aromatic rings. The van der Waals surface area contributed by atoms with Gasteiger partial charge in [0.25, 0.3) is 5.91 Å². The molecule has 0 saturated carbocycles. The maximum absolute atomic E-state index is 12.7. The molecule has 1 fully saturated rings. The minimum Gasteiger partial charge on any atom is -0.467 e. The summed E-state index contributed by atoms with van der Waals surface area (Å²) in [6.45, 7) is 6.15. The number of piperazine rings is 1. The molecule has 1 aromatic heterocycles. The zero-order valence-corrected chi connectivity index (χ0v) is 16.5. The number of aryl methyl sites for hydroxylation is 1. The van der Waals surface area contributed by atoms with Crippen LogP contribution in [0.15, 0.2) is 52.0 Å². The Morgan fingerprint density at radius 1 is 1.22 bits per heavy atom. The number of amides is 1. The molecule has 1 atom stereocenters. The maximum atomic E-state index is 12.7. The van der Waals surface area contributed by atoms with Gasteiger partial charge in [0, 0.05) is 0 Å². The molecule has 0 unspecified atom stereocenters. The van der Waals surface area contributed by atoms with Gasteiger partial charge in [0.05, 0.1) is 43.4 Å². The maximum Gasteiger partial charge on any atom is 0.275 e. The fraction of sp³-hybridized carbons (Fsp3) is 0.421. The van der Waals surface area contributed by atoms with Crippen molar-refractivity contribution in [1.82, 2.24) is 9.62 Å². The van der Waals surface area contributed by atoms with Crippen molar-refractivity contribution in [3.05, 3.63) is 54.0 Å². The van der Waals surface area contributed by atoms with Crippen molar-refractivity contribution in [2.45, 2.75) is 24.8 Å². The molecule has 27 heavy (non-hydrogen) atoms. The van der Waals surface area contributed by atoms with E-state index in [2.05, 4.69) is 5.32 Å². The quantitative estimate of drug-likeness (QED) is 0.743. The first-order valence-electron chi connectivity index (χ1n) is 9.09. The zero-order chi connectivity index (χ0) is 19.4. The highest BCUT2D eigenvalue weighted by Crippen LogP contribution is 2.16. The van der Waals surface area contributed by atoms with Gasteiger partial charge in [-0.3, -0.25) is 4.79 Å². The molecular weight excluding hydrogens is 366 g/mol. The van der Waals surface area contributed by atoms with Gasteiger partial charge in [0.15, 0.2) is 6.54 Å². The molecule has 0 bridgehead atoms. The molecule has 1 amide bonds. The fourth-order valence-electron chi connectivity index (χ4n) is 3.21. The Morgan fingerprint density at radius 3 is 2.48 bits per heavy atom. The van der Waals surface area contributed by atoms with Crippen molar-refractivity contribution in [3.8, 4) is 0 Å². The van der Waals surface area contributed by atoms with Crippen molar-refractivity contribution in [1.29, 1.82) is 0 Å². The third-order valence-corrected chi connectivity index (χ3v) is 6.76. The Balaban J connectivity index is 1.51. The molecule has 8 heteroatoms. The molecule has 2 heterocycles. The fourth-order valence-corrected chi connectivity index (χ4v) is 4.65. The molecule has 1 aromatic carbocycles. The second-order valence-electron chi connectivity index (χ2n) is 6.95. The summed E-state index contributed by atoms with van der Waals surface area (Å²) in [6.07, 6.45) is 1.58. The van der Waals surface area contributed by atoms with Crippen LogP contribution in [0.1, 0.15) is 24.3 Å². The number of hydrogen-bond donors (Lipinski definition) is 2. The lowest BCUT2D eigenvalue weighted by molar-refractivity contribution is -0.895. The van der Waals surface area contributed by atoms with Crippen molar-refractivity contribution in [3.63, 3.8) is 0 Å². The molecule has 0 spiro atoms. The molecule has 2 N–H and O–H groups in total. The third kappa shape index (κ3) is 4.77. The molecule has 1 aliphatic heterocycles. The summed E-state index contributed by atoms with van der Waals surface area (Å²) in [5, 5.41) is 2.92. The minimum absolute atomic E-state index is 0.0660. The van der Waals surface area contributed by atoms with Crippen LogP contribution in [0.4, 0.5) is 0 Å². The smallest absolute Gasteiger partial charge is 0.275 e. The van der Waals surface area contributed by atoms with Gasteiger partial charge in [-0.1, -0.05) is 17.7 Å². The number of carbonyl (C=O) groups excluding carboxylic acids is 1. The van der Waals surface area contributed by atoms with E-state index in [4.69, 9.17) is 4.42 Å². The first-order valence-corrected chi connectivity index (χ1v) is 10.5. The Kier molecular flexibility index (Phi) is 5.98. The topological polar surface area (TPSA) is 84.1 Å². The van der Waals surface area contributed by atoms with Gasteiger partial charge in [0.2, 0.25) is 10.0 Å². The lowest BCUT2D eigenvalue weighted by Crippen LogP contribution is -3.15. The highest BCUT2D eigenvalue weighted by atomic mass is 32.2. The second kappa shape index (κ2) is 8.24. The van der Waals surface area contributed by atoms with Crippen molar-refractivity contribution in [2.24, 2.45) is 0 Å². The van der Waals surface area contributed by atoms with Crippen molar-refractivity contribution in [2.75, 3.05) is 32.7 Å². The van der Waals surface area contributed by atoms with E-state index in [1.54, 1.807) is 36.6 Å². The van der Waals surface area contributed by atoms with Gasteiger partial charge in [-0.2, -0.15) is 4.31 Å². The second-order valence-corrected chi connectivity index (χ2v) is 8.89. The number of rotatable bonds is 6. The van der Waals surface area contributed by atoms with Crippen LogP contribution >= 0.6 is 0 Å².